The van der Waals surface area contributed by atoms with E-state index in [1.807, 2.05) is 45.9 Å². The van der Waals surface area contributed by atoms with E-state index in [-0.39, 0.29) is 12.3 Å². The summed E-state index contributed by atoms with van der Waals surface area (Å²) in [6, 6.07) is 5.72. The van der Waals surface area contributed by atoms with Crippen LogP contribution >= 0.6 is 0 Å². The third-order valence-corrected chi connectivity index (χ3v) is 3.60. The van der Waals surface area contributed by atoms with E-state index in [2.05, 4.69) is 0 Å². The molecular formula is C16H23NO3. The molecule has 0 fully saturated rings. The van der Waals surface area contributed by atoms with Crippen molar-refractivity contribution in [1.29, 1.82) is 0 Å². The summed E-state index contributed by atoms with van der Waals surface area (Å²) in [7, 11) is 0. The Labute approximate surface area is 120 Å². The van der Waals surface area contributed by atoms with Crippen LogP contribution in [0.4, 0.5) is 0 Å². The first-order valence-electron chi connectivity index (χ1n) is 6.98. The monoisotopic (exact) mass is 277 g/mol. The topological polar surface area (TPSA) is 57.6 Å². The number of carbonyl (C=O) groups is 2. The highest BCUT2D eigenvalue weighted by molar-refractivity contribution is 5.86. The molecule has 1 amide bonds. The fraction of sp³-hybridized carbons (Fsp3) is 0.500. The molecule has 0 bridgehead atoms. The van der Waals surface area contributed by atoms with Crippen LogP contribution in [0.3, 0.4) is 0 Å². The number of carbonyl (C=O) groups excluding carboxylic acids is 1. The number of nitrogens with zero attached hydrogens (tertiary/aromatic N) is 1. The second-order valence-corrected chi connectivity index (χ2v) is 5.02. The molecule has 0 aromatic heterocycles. The van der Waals surface area contributed by atoms with Crippen molar-refractivity contribution in [2.45, 2.75) is 40.0 Å². The molecule has 0 spiro atoms. The maximum atomic E-state index is 12.2. The minimum absolute atomic E-state index is 0.0152. The lowest BCUT2D eigenvalue weighted by molar-refractivity contribution is -0.142. The summed E-state index contributed by atoms with van der Waals surface area (Å²) in [6.07, 6.45) is 0.0152. The first kappa shape index (κ1) is 16.2. The van der Waals surface area contributed by atoms with Crippen LogP contribution < -0.4 is 0 Å². The minimum Gasteiger partial charge on any atom is -0.481 e. The highest BCUT2D eigenvalue weighted by Gasteiger charge is 2.26. The van der Waals surface area contributed by atoms with Crippen LogP contribution in [0.5, 0.6) is 0 Å². The standard InChI is InChI=1S/C16H23NO3/c1-5-17(6-2)15(18)10-14(16(19)20)13-9-11(3)7-8-12(13)4/h7-9,14H,5-6,10H2,1-4H3,(H,19,20). The molecule has 1 N–H and O–H groups in total. The van der Waals surface area contributed by atoms with Gasteiger partial charge >= 0.3 is 5.97 Å². The summed E-state index contributed by atoms with van der Waals surface area (Å²) in [4.78, 5) is 25.3. The van der Waals surface area contributed by atoms with E-state index in [9.17, 15) is 14.7 Å². The van der Waals surface area contributed by atoms with E-state index in [4.69, 9.17) is 0 Å². The Bertz CT molecular complexity index is 492. The Balaban J connectivity index is 3.04. The van der Waals surface area contributed by atoms with Gasteiger partial charge in [0.15, 0.2) is 0 Å². The molecule has 0 radical (unpaired) electrons. The van der Waals surface area contributed by atoms with Crippen LogP contribution in [0.15, 0.2) is 18.2 Å². The van der Waals surface area contributed by atoms with Crippen LogP contribution in [0.1, 0.15) is 42.9 Å². The molecule has 1 atom stereocenters. The van der Waals surface area contributed by atoms with E-state index in [1.165, 1.54) is 0 Å². The van der Waals surface area contributed by atoms with Crippen LogP contribution in [-0.4, -0.2) is 35.0 Å². The lowest BCUT2D eigenvalue weighted by Crippen LogP contribution is -2.33. The van der Waals surface area contributed by atoms with Crippen LogP contribution in [0, 0.1) is 13.8 Å². The molecule has 1 rings (SSSR count). The zero-order valence-electron chi connectivity index (χ0n) is 12.6. The smallest absolute Gasteiger partial charge is 0.311 e. The molecule has 0 aliphatic heterocycles. The quantitative estimate of drug-likeness (QED) is 0.869. The van der Waals surface area contributed by atoms with E-state index >= 15 is 0 Å². The highest BCUT2D eigenvalue weighted by atomic mass is 16.4. The van der Waals surface area contributed by atoms with E-state index in [0.717, 1.165) is 16.7 Å². The second kappa shape index (κ2) is 7.08. The molecule has 1 aromatic rings. The average molecular weight is 277 g/mol. The number of hydrogen-bond donors (Lipinski definition) is 1. The summed E-state index contributed by atoms with van der Waals surface area (Å²) in [5.74, 6) is -1.83. The van der Waals surface area contributed by atoms with Gasteiger partial charge in [-0.3, -0.25) is 9.59 Å². The highest BCUT2D eigenvalue weighted by Crippen LogP contribution is 2.25. The molecule has 0 heterocycles. The van der Waals surface area contributed by atoms with Gasteiger partial charge in [-0.25, -0.2) is 0 Å². The van der Waals surface area contributed by atoms with Crippen molar-refractivity contribution < 1.29 is 14.7 Å². The van der Waals surface area contributed by atoms with Gasteiger partial charge < -0.3 is 10.0 Å². The van der Waals surface area contributed by atoms with Crippen molar-refractivity contribution in [2.24, 2.45) is 0 Å². The van der Waals surface area contributed by atoms with Gasteiger partial charge in [0.2, 0.25) is 5.91 Å². The van der Waals surface area contributed by atoms with Crippen molar-refractivity contribution in [1.82, 2.24) is 4.90 Å². The molecule has 0 saturated carbocycles. The van der Waals surface area contributed by atoms with Crippen LogP contribution in [-0.2, 0) is 9.59 Å². The van der Waals surface area contributed by atoms with Gasteiger partial charge in [-0.2, -0.15) is 0 Å². The number of amides is 1. The van der Waals surface area contributed by atoms with Gasteiger partial charge in [0.25, 0.3) is 0 Å². The fourth-order valence-corrected chi connectivity index (χ4v) is 2.35. The van der Waals surface area contributed by atoms with Gasteiger partial charge in [-0.15, -0.1) is 0 Å². The Morgan fingerprint density at radius 2 is 1.80 bits per heavy atom. The number of hydrogen-bond acceptors (Lipinski definition) is 2. The lowest BCUT2D eigenvalue weighted by atomic mass is 9.90. The number of rotatable bonds is 6. The summed E-state index contributed by atoms with van der Waals surface area (Å²) in [5, 5.41) is 9.45. The fourth-order valence-electron chi connectivity index (χ4n) is 2.35. The Kier molecular flexibility index (Phi) is 5.74. The van der Waals surface area contributed by atoms with E-state index in [1.54, 1.807) is 4.90 Å². The molecular weight excluding hydrogens is 254 g/mol. The third-order valence-electron chi connectivity index (χ3n) is 3.60. The molecule has 0 saturated heterocycles. The number of aliphatic carboxylic acids is 1. The molecule has 4 heteroatoms. The predicted octanol–water partition coefficient (Wildman–Crippen LogP) is 2.73. The first-order valence-corrected chi connectivity index (χ1v) is 6.98. The van der Waals surface area contributed by atoms with Gasteiger partial charge in [0.1, 0.15) is 0 Å². The Morgan fingerprint density at radius 3 is 2.30 bits per heavy atom. The second-order valence-electron chi connectivity index (χ2n) is 5.02. The SMILES string of the molecule is CCN(CC)C(=O)CC(C(=O)O)c1cc(C)ccc1C. The third kappa shape index (κ3) is 3.83. The van der Waals surface area contributed by atoms with Crippen molar-refractivity contribution in [3.63, 3.8) is 0 Å². The maximum Gasteiger partial charge on any atom is 0.311 e. The number of benzene rings is 1. The van der Waals surface area contributed by atoms with E-state index in [0.29, 0.717) is 13.1 Å². The summed E-state index contributed by atoms with van der Waals surface area (Å²) in [5.41, 5.74) is 2.65. The van der Waals surface area contributed by atoms with Crippen molar-refractivity contribution in [3.05, 3.63) is 34.9 Å². The molecule has 1 unspecified atom stereocenters. The maximum absolute atomic E-state index is 12.2. The summed E-state index contributed by atoms with van der Waals surface area (Å²) >= 11 is 0. The van der Waals surface area contributed by atoms with Crippen molar-refractivity contribution >= 4 is 11.9 Å². The molecule has 20 heavy (non-hydrogen) atoms. The zero-order valence-corrected chi connectivity index (χ0v) is 12.6. The predicted molar refractivity (Wildman–Crippen MR) is 78.8 cm³/mol. The zero-order chi connectivity index (χ0) is 15.3. The largest absolute Gasteiger partial charge is 0.481 e. The number of carboxylic acid groups (broad SMARTS) is 1. The van der Waals surface area contributed by atoms with Gasteiger partial charge in [-0.05, 0) is 38.8 Å². The molecule has 1 aromatic carbocycles. The van der Waals surface area contributed by atoms with Gasteiger partial charge in [0.05, 0.1) is 5.92 Å². The number of carboxylic acids is 1. The van der Waals surface area contributed by atoms with Gasteiger partial charge in [-0.1, -0.05) is 23.8 Å². The minimum atomic E-state index is -0.945. The molecule has 0 aliphatic carbocycles. The summed E-state index contributed by atoms with van der Waals surface area (Å²) in [6.45, 7) is 8.81. The van der Waals surface area contributed by atoms with Crippen molar-refractivity contribution in [3.8, 4) is 0 Å². The Morgan fingerprint density at radius 1 is 1.20 bits per heavy atom. The van der Waals surface area contributed by atoms with Gasteiger partial charge in [0, 0.05) is 19.5 Å². The lowest BCUT2D eigenvalue weighted by Gasteiger charge is -2.22. The first-order chi connectivity index (χ1) is 9.40. The summed E-state index contributed by atoms with van der Waals surface area (Å²) < 4.78 is 0. The van der Waals surface area contributed by atoms with Crippen LogP contribution in [0.2, 0.25) is 0 Å². The normalized spacial score (nSPS) is 12.0. The molecule has 4 nitrogen and oxygen atoms in total. The van der Waals surface area contributed by atoms with Crippen molar-refractivity contribution in [2.75, 3.05) is 13.1 Å². The average Bonchev–Trinajstić information content (AvgIpc) is 2.40. The molecule has 110 valence electrons. The Hall–Kier alpha value is -1.84. The molecule has 0 aliphatic rings. The number of aryl methyl sites for hydroxylation is 2. The van der Waals surface area contributed by atoms with Crippen LogP contribution in [0.25, 0.3) is 0 Å². The van der Waals surface area contributed by atoms with E-state index < -0.39 is 11.9 Å².